The summed E-state index contributed by atoms with van der Waals surface area (Å²) < 4.78 is 14.6. The first-order valence-corrected chi connectivity index (χ1v) is 8.66. The molecular weight excluding hydrogens is 421 g/mol. The van der Waals surface area contributed by atoms with Gasteiger partial charge in [-0.3, -0.25) is 19.7 Å². The van der Waals surface area contributed by atoms with Crippen molar-refractivity contribution >= 4 is 33.4 Å². The second kappa shape index (κ2) is 9.18. The Morgan fingerprint density at radius 1 is 1.22 bits per heavy atom. The van der Waals surface area contributed by atoms with Crippen molar-refractivity contribution < 1.29 is 24.0 Å². The molecule has 0 spiro atoms. The smallest absolute Gasteiger partial charge is 0.311 e. The molecule has 0 amide bonds. The molecule has 0 aliphatic heterocycles. The fourth-order valence-corrected chi connectivity index (χ4v) is 2.87. The Morgan fingerprint density at radius 3 is 2.48 bits per heavy atom. The fourth-order valence-electron chi connectivity index (χ4n) is 2.52. The second-order valence-corrected chi connectivity index (χ2v) is 6.58. The maximum absolute atomic E-state index is 14.1. The molecule has 2 aromatic rings. The zero-order valence-electron chi connectivity index (χ0n) is 13.9. The van der Waals surface area contributed by atoms with Crippen molar-refractivity contribution in [2.24, 2.45) is 0 Å². The number of rotatable bonds is 8. The molecule has 140 valence electrons. The number of hydrogen-bond donors (Lipinski definition) is 1. The number of nitro groups is 1. The lowest BCUT2D eigenvalue weighted by Gasteiger charge is -2.11. The van der Waals surface area contributed by atoms with Gasteiger partial charge in [-0.05, 0) is 24.1 Å². The van der Waals surface area contributed by atoms with E-state index in [0.29, 0.717) is 4.47 Å². The SMILES string of the molecule is O=C(/C=C/CC(C(=O)O)c1ccc(Br)cc1[N+](=O)[O-])C(F)c1ccccc1. The minimum absolute atomic E-state index is 0.00709. The summed E-state index contributed by atoms with van der Waals surface area (Å²) in [6.45, 7) is 0. The molecule has 0 bridgehead atoms. The monoisotopic (exact) mass is 435 g/mol. The number of carbonyl (C=O) groups excluding carboxylic acids is 1. The maximum Gasteiger partial charge on any atom is 0.311 e. The third-order valence-electron chi connectivity index (χ3n) is 3.86. The highest BCUT2D eigenvalue weighted by Crippen LogP contribution is 2.32. The lowest BCUT2D eigenvalue weighted by atomic mass is 9.93. The molecule has 1 N–H and O–H groups in total. The van der Waals surface area contributed by atoms with Crippen LogP contribution in [-0.2, 0) is 9.59 Å². The molecule has 0 saturated carbocycles. The van der Waals surface area contributed by atoms with E-state index in [1.54, 1.807) is 18.2 Å². The van der Waals surface area contributed by atoms with Crippen LogP contribution in [0.5, 0.6) is 0 Å². The van der Waals surface area contributed by atoms with E-state index in [4.69, 9.17) is 0 Å². The van der Waals surface area contributed by atoms with Gasteiger partial charge in [-0.2, -0.15) is 0 Å². The molecule has 27 heavy (non-hydrogen) atoms. The third kappa shape index (κ3) is 5.30. The van der Waals surface area contributed by atoms with Gasteiger partial charge in [0.2, 0.25) is 0 Å². The molecular formula is C19H15BrFNO5. The van der Waals surface area contributed by atoms with Gasteiger partial charge in [0, 0.05) is 16.1 Å². The quantitative estimate of drug-likeness (QED) is 0.366. The standard InChI is InChI=1S/C19H15BrFNO5/c20-13-9-10-14(16(11-13)22(26)27)15(19(24)25)7-4-8-17(23)18(21)12-5-2-1-3-6-12/h1-6,8-11,15,18H,7H2,(H,24,25)/b8-4+. The van der Waals surface area contributed by atoms with E-state index in [2.05, 4.69) is 15.9 Å². The predicted molar refractivity (Wildman–Crippen MR) is 100 cm³/mol. The molecule has 0 aliphatic rings. The summed E-state index contributed by atoms with van der Waals surface area (Å²) in [6, 6.07) is 11.9. The minimum Gasteiger partial charge on any atom is -0.481 e. The summed E-state index contributed by atoms with van der Waals surface area (Å²) in [4.78, 5) is 34.0. The van der Waals surface area contributed by atoms with Crippen molar-refractivity contribution in [1.82, 2.24) is 0 Å². The predicted octanol–water partition coefficient (Wildman–Crippen LogP) is 4.75. The van der Waals surface area contributed by atoms with Crippen LogP contribution in [0.2, 0.25) is 0 Å². The van der Waals surface area contributed by atoms with Gasteiger partial charge in [0.1, 0.15) is 0 Å². The zero-order valence-corrected chi connectivity index (χ0v) is 15.5. The van der Waals surface area contributed by atoms with Gasteiger partial charge in [-0.1, -0.05) is 58.4 Å². The number of allylic oxidation sites excluding steroid dienone is 2. The van der Waals surface area contributed by atoms with E-state index in [9.17, 15) is 29.2 Å². The largest absolute Gasteiger partial charge is 0.481 e. The Labute approximate surface area is 162 Å². The summed E-state index contributed by atoms with van der Waals surface area (Å²) in [7, 11) is 0. The number of nitrogens with zero attached hydrogens (tertiary/aromatic N) is 1. The first kappa shape index (κ1) is 20.4. The molecule has 0 fully saturated rings. The van der Waals surface area contributed by atoms with E-state index < -0.39 is 28.8 Å². The molecule has 0 saturated heterocycles. The normalized spacial score (nSPS) is 13.3. The minimum atomic E-state index is -1.85. The second-order valence-electron chi connectivity index (χ2n) is 5.66. The average molecular weight is 436 g/mol. The zero-order chi connectivity index (χ0) is 20.0. The highest BCUT2D eigenvalue weighted by atomic mass is 79.9. The topological polar surface area (TPSA) is 97.5 Å². The highest BCUT2D eigenvalue weighted by Gasteiger charge is 2.27. The molecule has 0 aromatic heterocycles. The highest BCUT2D eigenvalue weighted by molar-refractivity contribution is 9.10. The summed E-state index contributed by atoms with van der Waals surface area (Å²) in [5, 5.41) is 20.6. The van der Waals surface area contributed by atoms with Crippen LogP contribution in [0.25, 0.3) is 0 Å². The molecule has 6 nitrogen and oxygen atoms in total. The van der Waals surface area contributed by atoms with Gasteiger partial charge in [0.15, 0.2) is 12.0 Å². The number of nitro benzene ring substituents is 1. The average Bonchev–Trinajstić information content (AvgIpc) is 2.65. The molecule has 2 aromatic carbocycles. The number of carbonyl (C=O) groups is 2. The summed E-state index contributed by atoms with van der Waals surface area (Å²) in [5.41, 5.74) is -0.137. The number of benzene rings is 2. The molecule has 2 unspecified atom stereocenters. The van der Waals surface area contributed by atoms with E-state index in [1.807, 2.05) is 0 Å². The number of ketones is 1. The Kier molecular flexibility index (Phi) is 6.95. The van der Waals surface area contributed by atoms with E-state index in [1.165, 1.54) is 36.4 Å². The lowest BCUT2D eigenvalue weighted by molar-refractivity contribution is -0.385. The van der Waals surface area contributed by atoms with Crippen LogP contribution < -0.4 is 0 Å². The molecule has 0 heterocycles. The molecule has 2 atom stereocenters. The first-order chi connectivity index (χ1) is 12.8. The Morgan fingerprint density at radius 2 is 1.89 bits per heavy atom. The van der Waals surface area contributed by atoms with E-state index in [-0.39, 0.29) is 23.2 Å². The number of carboxylic acid groups (broad SMARTS) is 1. The van der Waals surface area contributed by atoms with Crippen molar-refractivity contribution in [1.29, 1.82) is 0 Å². The van der Waals surface area contributed by atoms with Crippen LogP contribution in [-0.4, -0.2) is 21.8 Å². The third-order valence-corrected chi connectivity index (χ3v) is 4.35. The number of hydrogen-bond acceptors (Lipinski definition) is 4. The van der Waals surface area contributed by atoms with Crippen molar-refractivity contribution in [2.75, 3.05) is 0 Å². The number of aliphatic carboxylic acids is 1. The number of alkyl halides is 1. The summed E-state index contributed by atoms with van der Waals surface area (Å²) >= 11 is 3.11. The first-order valence-electron chi connectivity index (χ1n) is 7.87. The van der Waals surface area contributed by atoms with Crippen molar-refractivity contribution in [2.45, 2.75) is 18.5 Å². The van der Waals surface area contributed by atoms with Crippen LogP contribution >= 0.6 is 15.9 Å². The molecule has 0 radical (unpaired) electrons. The van der Waals surface area contributed by atoms with Crippen molar-refractivity contribution in [3.8, 4) is 0 Å². The van der Waals surface area contributed by atoms with Crippen LogP contribution in [0.1, 0.15) is 29.6 Å². The van der Waals surface area contributed by atoms with Crippen LogP contribution in [0.15, 0.2) is 65.2 Å². The van der Waals surface area contributed by atoms with Crippen LogP contribution in [0.3, 0.4) is 0 Å². The lowest BCUT2D eigenvalue weighted by Crippen LogP contribution is -2.13. The number of halogens is 2. The fraction of sp³-hybridized carbons (Fsp3) is 0.158. The van der Waals surface area contributed by atoms with Gasteiger partial charge in [-0.15, -0.1) is 0 Å². The molecule has 8 heteroatoms. The molecule has 2 rings (SSSR count). The van der Waals surface area contributed by atoms with Crippen molar-refractivity contribution in [3.63, 3.8) is 0 Å². The molecule has 0 aliphatic carbocycles. The van der Waals surface area contributed by atoms with Gasteiger partial charge >= 0.3 is 5.97 Å². The van der Waals surface area contributed by atoms with Crippen LogP contribution in [0, 0.1) is 10.1 Å². The maximum atomic E-state index is 14.1. The summed E-state index contributed by atoms with van der Waals surface area (Å²) in [6.07, 6.45) is 0.152. The Bertz CT molecular complexity index is 885. The van der Waals surface area contributed by atoms with Gasteiger partial charge in [0.25, 0.3) is 5.69 Å². The van der Waals surface area contributed by atoms with E-state index >= 15 is 0 Å². The van der Waals surface area contributed by atoms with Gasteiger partial charge in [0.05, 0.1) is 10.8 Å². The Balaban J connectivity index is 2.18. The van der Waals surface area contributed by atoms with Gasteiger partial charge < -0.3 is 5.11 Å². The van der Waals surface area contributed by atoms with Crippen molar-refractivity contribution in [3.05, 3.63) is 86.4 Å². The van der Waals surface area contributed by atoms with Crippen LogP contribution in [0.4, 0.5) is 10.1 Å². The summed E-state index contributed by atoms with van der Waals surface area (Å²) in [5.74, 6) is -3.34. The van der Waals surface area contributed by atoms with Gasteiger partial charge in [-0.25, -0.2) is 4.39 Å². The van der Waals surface area contributed by atoms with E-state index in [0.717, 1.165) is 6.08 Å². The number of carboxylic acids is 1. The Hall–Kier alpha value is -2.87.